The van der Waals surface area contributed by atoms with Crippen LogP contribution in [0.15, 0.2) is 18.5 Å². The summed E-state index contributed by atoms with van der Waals surface area (Å²) in [6, 6.07) is 2.13. The second-order valence-corrected chi connectivity index (χ2v) is 5.54. The highest BCUT2D eigenvalue weighted by atomic mass is 35.5. The van der Waals surface area contributed by atoms with E-state index in [0.717, 1.165) is 18.0 Å². The van der Waals surface area contributed by atoms with Gasteiger partial charge in [-0.25, -0.2) is 13.8 Å². The number of nitrogens with one attached hydrogen (secondary N) is 1. The van der Waals surface area contributed by atoms with Crippen molar-refractivity contribution in [3.8, 4) is 0 Å². The molecule has 1 aromatic carbocycles. The average molecular weight is 327 g/mol. The van der Waals surface area contributed by atoms with Gasteiger partial charge in [-0.1, -0.05) is 11.6 Å². The summed E-state index contributed by atoms with van der Waals surface area (Å²) in [5.41, 5.74) is -0.204. The number of piperidine rings is 1. The molecule has 5 nitrogen and oxygen atoms in total. The van der Waals surface area contributed by atoms with Crippen molar-refractivity contribution in [2.45, 2.75) is 18.8 Å². The molecule has 22 heavy (non-hydrogen) atoms. The molecule has 1 saturated heterocycles. The van der Waals surface area contributed by atoms with Crippen LogP contribution in [0.4, 0.5) is 8.78 Å². The topological polar surface area (TPSA) is 61.9 Å². The average Bonchev–Trinajstić information content (AvgIpc) is 3.07. The number of hydrogen-bond donors (Lipinski definition) is 1. The zero-order valence-corrected chi connectivity index (χ0v) is 12.3. The summed E-state index contributed by atoms with van der Waals surface area (Å²) in [6.07, 6.45) is 2.86. The molecule has 0 unspecified atom stereocenters. The van der Waals surface area contributed by atoms with Crippen molar-refractivity contribution in [1.29, 1.82) is 0 Å². The van der Waals surface area contributed by atoms with Gasteiger partial charge in [-0.05, 0) is 25.0 Å². The Morgan fingerprint density at radius 1 is 1.32 bits per heavy atom. The lowest BCUT2D eigenvalue weighted by molar-refractivity contribution is 0.0706. The number of aromatic amines is 1. The van der Waals surface area contributed by atoms with Crippen LogP contribution in [-0.4, -0.2) is 39.1 Å². The lowest BCUT2D eigenvalue weighted by atomic mass is 9.95. The van der Waals surface area contributed by atoms with Crippen LogP contribution in [0.3, 0.4) is 0 Å². The van der Waals surface area contributed by atoms with E-state index in [1.54, 1.807) is 4.90 Å². The maximum absolute atomic E-state index is 13.9. The van der Waals surface area contributed by atoms with Crippen molar-refractivity contribution < 1.29 is 13.6 Å². The third kappa shape index (κ3) is 2.68. The molecule has 1 amide bonds. The van der Waals surface area contributed by atoms with Gasteiger partial charge in [-0.15, -0.1) is 0 Å². The Labute approximate surface area is 130 Å². The standard InChI is InChI=1S/C14H13ClF2N4O/c15-11-10(16)2-1-9(12(11)17)14(22)21-5-3-8(4-6-21)13-18-7-19-20-13/h1-2,7-8H,3-6H2,(H,18,19,20). The van der Waals surface area contributed by atoms with Gasteiger partial charge in [0, 0.05) is 19.0 Å². The van der Waals surface area contributed by atoms with Gasteiger partial charge in [0.05, 0.1) is 5.56 Å². The maximum Gasteiger partial charge on any atom is 0.256 e. The van der Waals surface area contributed by atoms with Crippen molar-refractivity contribution in [1.82, 2.24) is 20.1 Å². The van der Waals surface area contributed by atoms with Crippen molar-refractivity contribution in [3.05, 3.63) is 46.5 Å². The van der Waals surface area contributed by atoms with E-state index in [9.17, 15) is 13.6 Å². The molecule has 0 radical (unpaired) electrons. The predicted molar refractivity (Wildman–Crippen MR) is 75.6 cm³/mol. The number of aromatic nitrogens is 3. The van der Waals surface area contributed by atoms with Crippen molar-refractivity contribution in [3.63, 3.8) is 0 Å². The fourth-order valence-electron chi connectivity index (χ4n) is 2.63. The van der Waals surface area contributed by atoms with Crippen LogP contribution in [-0.2, 0) is 0 Å². The van der Waals surface area contributed by atoms with Gasteiger partial charge in [-0.2, -0.15) is 5.10 Å². The Bertz CT molecular complexity index is 684. The second kappa shape index (κ2) is 6.00. The molecule has 2 heterocycles. The Kier molecular flexibility index (Phi) is 4.06. The van der Waals surface area contributed by atoms with E-state index in [1.807, 2.05) is 0 Å². The van der Waals surface area contributed by atoms with Crippen molar-refractivity contribution >= 4 is 17.5 Å². The first-order valence-corrected chi connectivity index (χ1v) is 7.23. The molecule has 1 N–H and O–H groups in total. The van der Waals surface area contributed by atoms with Gasteiger partial charge < -0.3 is 4.90 Å². The fourth-order valence-corrected chi connectivity index (χ4v) is 2.79. The molecule has 1 aromatic heterocycles. The molecular formula is C14H13ClF2N4O. The van der Waals surface area contributed by atoms with Crippen LogP contribution in [0.1, 0.15) is 34.9 Å². The van der Waals surface area contributed by atoms with Gasteiger partial charge in [0.15, 0.2) is 5.82 Å². The molecule has 1 aliphatic heterocycles. The van der Waals surface area contributed by atoms with E-state index in [0.29, 0.717) is 25.9 Å². The molecule has 1 aliphatic rings. The Morgan fingerprint density at radius 2 is 2.05 bits per heavy atom. The smallest absolute Gasteiger partial charge is 0.256 e. The minimum atomic E-state index is -1.01. The quantitative estimate of drug-likeness (QED) is 0.863. The largest absolute Gasteiger partial charge is 0.339 e. The van der Waals surface area contributed by atoms with E-state index in [2.05, 4.69) is 15.2 Å². The van der Waals surface area contributed by atoms with Gasteiger partial charge in [0.2, 0.25) is 0 Å². The second-order valence-electron chi connectivity index (χ2n) is 5.16. The Morgan fingerprint density at radius 3 is 2.68 bits per heavy atom. The third-order valence-corrected chi connectivity index (χ3v) is 4.21. The molecule has 0 saturated carbocycles. The lowest BCUT2D eigenvalue weighted by Gasteiger charge is -2.31. The first kappa shape index (κ1) is 14.9. The molecule has 2 aromatic rings. The molecule has 8 heteroatoms. The summed E-state index contributed by atoms with van der Waals surface area (Å²) in [5.74, 6) is -1.37. The van der Waals surface area contributed by atoms with E-state index < -0.39 is 22.6 Å². The van der Waals surface area contributed by atoms with Gasteiger partial charge in [0.25, 0.3) is 5.91 Å². The van der Waals surface area contributed by atoms with E-state index in [1.165, 1.54) is 6.33 Å². The number of nitrogens with zero attached hydrogens (tertiary/aromatic N) is 3. The van der Waals surface area contributed by atoms with E-state index in [-0.39, 0.29) is 11.5 Å². The summed E-state index contributed by atoms with van der Waals surface area (Å²) >= 11 is 5.52. The van der Waals surface area contributed by atoms with E-state index in [4.69, 9.17) is 11.6 Å². The highest BCUT2D eigenvalue weighted by molar-refractivity contribution is 6.31. The molecular weight excluding hydrogens is 314 g/mol. The summed E-state index contributed by atoms with van der Waals surface area (Å²) in [4.78, 5) is 18.0. The van der Waals surface area contributed by atoms with Crippen molar-refractivity contribution in [2.24, 2.45) is 0 Å². The molecule has 1 fully saturated rings. The Hall–Kier alpha value is -2.02. The number of benzene rings is 1. The minimum Gasteiger partial charge on any atom is -0.339 e. The summed E-state index contributed by atoms with van der Waals surface area (Å²) < 4.78 is 27.1. The molecule has 3 rings (SSSR count). The predicted octanol–water partition coefficient (Wildman–Crippen LogP) is 2.76. The number of rotatable bonds is 2. The first-order chi connectivity index (χ1) is 10.6. The van der Waals surface area contributed by atoms with E-state index >= 15 is 0 Å². The van der Waals surface area contributed by atoms with Crippen LogP contribution >= 0.6 is 11.6 Å². The fraction of sp³-hybridized carbons (Fsp3) is 0.357. The van der Waals surface area contributed by atoms with Crippen LogP contribution in [0.25, 0.3) is 0 Å². The number of H-pyrrole nitrogens is 1. The van der Waals surface area contributed by atoms with Crippen LogP contribution in [0, 0.1) is 11.6 Å². The molecule has 116 valence electrons. The number of carbonyl (C=O) groups is 1. The summed E-state index contributed by atoms with van der Waals surface area (Å²) in [7, 11) is 0. The first-order valence-electron chi connectivity index (χ1n) is 6.86. The Balaban J connectivity index is 1.71. The summed E-state index contributed by atoms with van der Waals surface area (Å²) in [5, 5.41) is 5.98. The number of likely N-dealkylation sites (tertiary alicyclic amines) is 1. The van der Waals surface area contributed by atoms with Gasteiger partial charge >= 0.3 is 0 Å². The SMILES string of the molecule is O=C(c1ccc(F)c(Cl)c1F)N1CCC(c2ncn[nH]2)CC1. The number of carbonyl (C=O) groups excluding carboxylic acids is 1. The zero-order valence-electron chi connectivity index (χ0n) is 11.5. The minimum absolute atomic E-state index is 0.202. The lowest BCUT2D eigenvalue weighted by Crippen LogP contribution is -2.38. The summed E-state index contributed by atoms with van der Waals surface area (Å²) in [6.45, 7) is 0.942. The molecule has 0 spiro atoms. The number of amides is 1. The normalized spacial score (nSPS) is 16.0. The highest BCUT2D eigenvalue weighted by Crippen LogP contribution is 2.28. The molecule has 0 aliphatic carbocycles. The van der Waals surface area contributed by atoms with Gasteiger partial charge in [-0.3, -0.25) is 9.89 Å². The monoisotopic (exact) mass is 326 g/mol. The molecule has 0 bridgehead atoms. The molecule has 0 atom stereocenters. The zero-order chi connectivity index (χ0) is 15.7. The van der Waals surface area contributed by atoms with Crippen LogP contribution < -0.4 is 0 Å². The van der Waals surface area contributed by atoms with Gasteiger partial charge in [0.1, 0.15) is 23.0 Å². The highest BCUT2D eigenvalue weighted by Gasteiger charge is 2.28. The maximum atomic E-state index is 13.9. The van der Waals surface area contributed by atoms with Crippen LogP contribution in [0.5, 0.6) is 0 Å². The number of hydrogen-bond acceptors (Lipinski definition) is 3. The van der Waals surface area contributed by atoms with Crippen molar-refractivity contribution in [2.75, 3.05) is 13.1 Å². The van der Waals surface area contributed by atoms with Crippen LogP contribution in [0.2, 0.25) is 5.02 Å². The third-order valence-electron chi connectivity index (χ3n) is 3.87. The number of halogens is 3.